The Morgan fingerprint density at radius 1 is 1.90 bits per heavy atom. The molecule has 0 aliphatic heterocycles. The molecule has 0 aromatic carbocycles. The lowest BCUT2D eigenvalue weighted by Gasteiger charge is -1.92. The van der Waals surface area contributed by atoms with Crippen molar-refractivity contribution < 1.29 is 5.21 Å². The first-order valence-electron chi connectivity index (χ1n) is 2.56. The van der Waals surface area contributed by atoms with Crippen LogP contribution in [0.15, 0.2) is 17.4 Å². The lowest BCUT2D eigenvalue weighted by molar-refractivity contribution is 0.233. The molecule has 0 atom stereocenters. The first kappa shape index (κ1) is 6.56. The summed E-state index contributed by atoms with van der Waals surface area (Å²) < 4.78 is 0. The Hall–Kier alpha value is -1.56. The van der Waals surface area contributed by atoms with Crippen molar-refractivity contribution in [2.24, 2.45) is 10.7 Å². The van der Waals surface area contributed by atoms with E-state index in [0.717, 1.165) is 0 Å². The molecule has 0 amide bonds. The lowest BCUT2D eigenvalue weighted by Crippen LogP contribution is -2.27. The molecule has 54 valence electrons. The summed E-state index contributed by atoms with van der Waals surface area (Å²) in [5.74, 6) is -0.0681. The van der Waals surface area contributed by atoms with Gasteiger partial charge in [0.1, 0.15) is 5.69 Å². The fourth-order valence-electron chi connectivity index (χ4n) is 0.469. The molecule has 0 saturated carbocycles. The predicted octanol–water partition coefficient (Wildman–Crippen LogP) is -0.665. The van der Waals surface area contributed by atoms with Crippen LogP contribution in [0.3, 0.4) is 0 Å². The van der Waals surface area contributed by atoms with Gasteiger partial charge in [0.2, 0.25) is 5.96 Å². The monoisotopic (exact) mass is 141 g/mol. The molecule has 0 aliphatic rings. The van der Waals surface area contributed by atoms with Crippen molar-refractivity contribution in [3.63, 3.8) is 0 Å². The van der Waals surface area contributed by atoms with E-state index in [1.807, 2.05) is 0 Å². The summed E-state index contributed by atoms with van der Waals surface area (Å²) in [5.41, 5.74) is 7.36. The summed E-state index contributed by atoms with van der Waals surface area (Å²) in [6.07, 6.45) is 3.02. The summed E-state index contributed by atoms with van der Waals surface area (Å²) in [4.78, 5) is 3.68. The summed E-state index contributed by atoms with van der Waals surface area (Å²) >= 11 is 0. The smallest absolute Gasteiger partial charge is 0.218 e. The largest absolute Gasteiger partial charge is 0.368 e. The third-order valence-corrected chi connectivity index (χ3v) is 0.848. The SMILES string of the molecule is NC(=Nc1cn[nH]c1)NO. The lowest BCUT2D eigenvalue weighted by atomic mass is 10.6. The summed E-state index contributed by atoms with van der Waals surface area (Å²) in [7, 11) is 0. The van der Waals surface area contributed by atoms with Gasteiger partial charge in [0, 0.05) is 6.20 Å². The molecular formula is C4H7N5O. The van der Waals surface area contributed by atoms with Gasteiger partial charge in [-0.1, -0.05) is 0 Å². The predicted molar refractivity (Wildman–Crippen MR) is 34.8 cm³/mol. The quantitative estimate of drug-likeness (QED) is 0.237. The molecule has 0 radical (unpaired) electrons. The zero-order chi connectivity index (χ0) is 7.40. The van der Waals surface area contributed by atoms with Crippen LogP contribution in [0, 0.1) is 0 Å². The molecule has 0 unspecified atom stereocenters. The molecule has 0 spiro atoms. The Kier molecular flexibility index (Phi) is 1.86. The van der Waals surface area contributed by atoms with Crippen LogP contribution in [0.4, 0.5) is 5.69 Å². The van der Waals surface area contributed by atoms with E-state index in [0.29, 0.717) is 5.69 Å². The maximum absolute atomic E-state index is 8.20. The topological polar surface area (TPSA) is 99.3 Å². The van der Waals surface area contributed by atoms with Crippen molar-refractivity contribution in [1.82, 2.24) is 15.7 Å². The van der Waals surface area contributed by atoms with Gasteiger partial charge in [-0.3, -0.25) is 10.3 Å². The Morgan fingerprint density at radius 3 is 3.20 bits per heavy atom. The van der Waals surface area contributed by atoms with Crippen molar-refractivity contribution in [2.45, 2.75) is 0 Å². The molecule has 0 bridgehead atoms. The van der Waals surface area contributed by atoms with Crippen LogP contribution in [0.25, 0.3) is 0 Å². The number of aliphatic imine (C=N–C) groups is 1. The third-order valence-electron chi connectivity index (χ3n) is 0.848. The van der Waals surface area contributed by atoms with Crippen molar-refractivity contribution >= 4 is 11.6 Å². The standard InChI is InChI=1S/C4H7N5O/c5-4(9-10)8-3-1-6-7-2-3/h1-2,10H,(H,6,7)(H3,5,8,9). The Morgan fingerprint density at radius 2 is 2.70 bits per heavy atom. The molecule has 1 heterocycles. The molecule has 0 aliphatic carbocycles. The van der Waals surface area contributed by atoms with Crippen LogP contribution >= 0.6 is 0 Å². The minimum absolute atomic E-state index is 0.0681. The average Bonchev–Trinajstić information content (AvgIpc) is 2.40. The Bertz CT molecular complexity index is 216. The van der Waals surface area contributed by atoms with Crippen LogP contribution in [0.2, 0.25) is 0 Å². The number of aromatic nitrogens is 2. The maximum atomic E-state index is 8.20. The highest BCUT2D eigenvalue weighted by atomic mass is 16.5. The van der Waals surface area contributed by atoms with Gasteiger partial charge in [-0.15, -0.1) is 0 Å². The van der Waals surface area contributed by atoms with E-state index in [2.05, 4.69) is 15.2 Å². The second-order valence-electron chi connectivity index (χ2n) is 1.57. The molecule has 6 heteroatoms. The highest BCUT2D eigenvalue weighted by Crippen LogP contribution is 2.04. The number of nitrogens with one attached hydrogen (secondary N) is 2. The van der Waals surface area contributed by atoms with Crippen LogP contribution in [0.1, 0.15) is 0 Å². The molecule has 0 fully saturated rings. The molecule has 1 rings (SSSR count). The molecule has 6 nitrogen and oxygen atoms in total. The minimum Gasteiger partial charge on any atom is -0.368 e. The third kappa shape index (κ3) is 1.46. The number of aromatic amines is 1. The van der Waals surface area contributed by atoms with Crippen LogP contribution in [-0.4, -0.2) is 21.4 Å². The molecule has 1 aromatic heterocycles. The van der Waals surface area contributed by atoms with Crippen molar-refractivity contribution in [3.05, 3.63) is 12.4 Å². The second-order valence-corrected chi connectivity index (χ2v) is 1.57. The number of nitrogens with zero attached hydrogens (tertiary/aromatic N) is 2. The highest BCUT2D eigenvalue weighted by molar-refractivity contribution is 5.79. The van der Waals surface area contributed by atoms with E-state index in [-0.39, 0.29) is 5.96 Å². The van der Waals surface area contributed by atoms with Crippen molar-refractivity contribution in [3.8, 4) is 0 Å². The van der Waals surface area contributed by atoms with Gasteiger partial charge < -0.3 is 5.73 Å². The van der Waals surface area contributed by atoms with Crippen LogP contribution < -0.4 is 11.2 Å². The normalized spacial score (nSPS) is 11.5. The van der Waals surface area contributed by atoms with Crippen molar-refractivity contribution in [1.29, 1.82) is 0 Å². The summed E-state index contributed by atoms with van der Waals surface area (Å²) in [5, 5.41) is 14.3. The zero-order valence-electron chi connectivity index (χ0n) is 5.07. The average molecular weight is 141 g/mol. The number of nitrogens with two attached hydrogens (primary N) is 1. The molecule has 10 heavy (non-hydrogen) atoms. The van der Waals surface area contributed by atoms with Gasteiger partial charge in [0.05, 0.1) is 6.20 Å². The van der Waals surface area contributed by atoms with E-state index in [1.54, 1.807) is 11.7 Å². The zero-order valence-corrected chi connectivity index (χ0v) is 5.07. The van der Waals surface area contributed by atoms with E-state index in [9.17, 15) is 0 Å². The van der Waals surface area contributed by atoms with Gasteiger partial charge >= 0.3 is 0 Å². The molecule has 5 N–H and O–H groups in total. The van der Waals surface area contributed by atoms with E-state index < -0.39 is 0 Å². The van der Waals surface area contributed by atoms with Gasteiger partial charge in [0.15, 0.2) is 0 Å². The molecule has 0 saturated heterocycles. The van der Waals surface area contributed by atoms with E-state index >= 15 is 0 Å². The Labute approximate surface area is 56.7 Å². The Balaban J connectivity index is 2.71. The summed E-state index contributed by atoms with van der Waals surface area (Å²) in [6.45, 7) is 0. The van der Waals surface area contributed by atoms with Gasteiger partial charge in [-0.25, -0.2) is 10.5 Å². The van der Waals surface area contributed by atoms with Crippen LogP contribution in [-0.2, 0) is 0 Å². The fourth-order valence-corrected chi connectivity index (χ4v) is 0.469. The maximum Gasteiger partial charge on any atom is 0.218 e. The highest BCUT2D eigenvalue weighted by Gasteiger charge is 1.89. The number of rotatable bonds is 1. The van der Waals surface area contributed by atoms with Gasteiger partial charge in [-0.2, -0.15) is 5.10 Å². The summed E-state index contributed by atoms with van der Waals surface area (Å²) in [6, 6.07) is 0. The van der Waals surface area contributed by atoms with Gasteiger partial charge in [0.25, 0.3) is 0 Å². The molecular weight excluding hydrogens is 134 g/mol. The van der Waals surface area contributed by atoms with Crippen molar-refractivity contribution in [2.75, 3.05) is 0 Å². The number of hydrogen-bond donors (Lipinski definition) is 4. The van der Waals surface area contributed by atoms with E-state index in [4.69, 9.17) is 10.9 Å². The molecule has 1 aromatic rings. The first-order valence-corrected chi connectivity index (χ1v) is 2.56. The minimum atomic E-state index is -0.0681. The first-order chi connectivity index (χ1) is 4.83. The number of hydrogen-bond acceptors (Lipinski definition) is 3. The second kappa shape index (κ2) is 2.83. The number of hydroxylamine groups is 1. The fraction of sp³-hybridized carbons (Fsp3) is 0. The number of guanidine groups is 1. The van der Waals surface area contributed by atoms with Crippen LogP contribution in [0.5, 0.6) is 0 Å². The van der Waals surface area contributed by atoms with Gasteiger partial charge in [-0.05, 0) is 0 Å². The van der Waals surface area contributed by atoms with E-state index in [1.165, 1.54) is 6.20 Å². The number of H-pyrrole nitrogens is 1.